The van der Waals surface area contributed by atoms with Gasteiger partial charge in [-0.05, 0) is 6.92 Å². The fourth-order valence-electron chi connectivity index (χ4n) is 1.10. The van der Waals surface area contributed by atoms with E-state index in [4.69, 9.17) is 5.73 Å². The van der Waals surface area contributed by atoms with Gasteiger partial charge < -0.3 is 10.5 Å². The zero-order valence-electron chi connectivity index (χ0n) is 8.34. The Bertz CT molecular complexity index is 410. The summed E-state index contributed by atoms with van der Waals surface area (Å²) in [5.41, 5.74) is 2.74. The number of carbonyl (C=O) groups excluding carboxylic acids is 1. The molecule has 0 aromatic carbocycles. The summed E-state index contributed by atoms with van der Waals surface area (Å²) in [6.45, 7) is 1.51. The fourth-order valence-corrected chi connectivity index (χ4v) is 1.10. The number of nitrogens with two attached hydrogens (primary N) is 1. The first kappa shape index (κ1) is 12.3. The minimum atomic E-state index is -3.09. The van der Waals surface area contributed by atoms with Crippen LogP contribution in [0.2, 0.25) is 0 Å². The predicted molar refractivity (Wildman–Crippen MR) is 49.5 cm³/mol. The molecule has 0 aliphatic rings. The third kappa shape index (κ3) is 2.23. The Morgan fingerprint density at radius 2 is 2.25 bits per heavy atom. The number of pyridine rings is 1. The summed E-state index contributed by atoms with van der Waals surface area (Å²) >= 11 is 0. The molecule has 0 fully saturated rings. The zero-order valence-corrected chi connectivity index (χ0v) is 8.34. The smallest absolute Gasteiger partial charge is 0.357 e. The monoisotopic (exact) mass is 234 g/mol. The summed E-state index contributed by atoms with van der Waals surface area (Å²) in [5, 5.41) is 0. The third-order valence-electron chi connectivity index (χ3n) is 1.80. The highest BCUT2D eigenvalue weighted by Crippen LogP contribution is 2.29. The second kappa shape index (κ2) is 4.82. The number of carbonyl (C=O) groups is 1. The number of hydrogen-bond donors (Lipinski definition) is 1. The van der Waals surface area contributed by atoms with Crippen molar-refractivity contribution in [2.45, 2.75) is 13.3 Å². The molecule has 0 aliphatic carbocycles. The largest absolute Gasteiger partial charge is 0.461 e. The SMILES string of the molecule is CCOC(=O)c1ncc(F)c(N)c1C(F)F. The van der Waals surface area contributed by atoms with Gasteiger partial charge in [-0.15, -0.1) is 0 Å². The van der Waals surface area contributed by atoms with Crippen LogP contribution in [0.4, 0.5) is 18.9 Å². The van der Waals surface area contributed by atoms with Gasteiger partial charge in [-0.1, -0.05) is 0 Å². The van der Waals surface area contributed by atoms with E-state index in [1.165, 1.54) is 6.92 Å². The second-order valence-electron chi connectivity index (χ2n) is 2.80. The highest BCUT2D eigenvalue weighted by molar-refractivity contribution is 5.90. The van der Waals surface area contributed by atoms with Crippen molar-refractivity contribution in [1.82, 2.24) is 4.98 Å². The van der Waals surface area contributed by atoms with Crippen LogP contribution < -0.4 is 5.73 Å². The molecular weight excluding hydrogens is 225 g/mol. The summed E-state index contributed by atoms with van der Waals surface area (Å²) < 4.78 is 42.5. The van der Waals surface area contributed by atoms with Gasteiger partial charge in [0.05, 0.1) is 24.1 Å². The van der Waals surface area contributed by atoms with Crippen molar-refractivity contribution < 1.29 is 22.7 Å². The maximum Gasteiger partial charge on any atom is 0.357 e. The molecule has 88 valence electrons. The summed E-state index contributed by atoms with van der Waals surface area (Å²) in [5.74, 6) is -2.15. The molecule has 0 spiro atoms. The molecule has 1 aromatic heterocycles. The normalized spacial score (nSPS) is 10.6. The van der Waals surface area contributed by atoms with E-state index in [1.807, 2.05) is 0 Å². The Kier molecular flexibility index (Phi) is 3.70. The van der Waals surface area contributed by atoms with Gasteiger partial charge >= 0.3 is 5.97 Å². The number of alkyl halides is 2. The van der Waals surface area contributed by atoms with Crippen molar-refractivity contribution >= 4 is 11.7 Å². The van der Waals surface area contributed by atoms with Gasteiger partial charge in [0.1, 0.15) is 0 Å². The molecule has 2 N–H and O–H groups in total. The van der Waals surface area contributed by atoms with Crippen LogP contribution >= 0.6 is 0 Å². The van der Waals surface area contributed by atoms with E-state index in [-0.39, 0.29) is 6.61 Å². The Labute approximate surface area is 89.2 Å². The lowest BCUT2D eigenvalue weighted by Gasteiger charge is -2.10. The van der Waals surface area contributed by atoms with E-state index in [1.54, 1.807) is 0 Å². The lowest BCUT2D eigenvalue weighted by Crippen LogP contribution is -2.14. The molecule has 7 heteroatoms. The zero-order chi connectivity index (χ0) is 12.3. The van der Waals surface area contributed by atoms with E-state index < -0.39 is 35.2 Å². The Hall–Kier alpha value is -1.79. The number of nitrogen functional groups attached to an aromatic ring is 1. The lowest BCUT2D eigenvalue weighted by atomic mass is 10.1. The molecule has 0 aliphatic heterocycles. The standard InChI is InChI=1S/C9H9F3N2O2/c1-2-16-9(15)7-5(8(11)12)6(13)4(10)3-14-7/h3,8H,2H2,1H3,(H2,13,14). The van der Waals surface area contributed by atoms with Crippen LogP contribution in [0.5, 0.6) is 0 Å². The van der Waals surface area contributed by atoms with Gasteiger partial charge in [0.25, 0.3) is 6.43 Å². The first-order chi connectivity index (χ1) is 7.49. The summed E-state index contributed by atoms with van der Waals surface area (Å²) in [4.78, 5) is 14.5. The van der Waals surface area contributed by atoms with Gasteiger partial charge in [-0.25, -0.2) is 22.9 Å². The molecule has 0 saturated carbocycles. The highest BCUT2D eigenvalue weighted by Gasteiger charge is 2.25. The Balaban J connectivity index is 3.28. The fraction of sp³-hybridized carbons (Fsp3) is 0.333. The third-order valence-corrected chi connectivity index (χ3v) is 1.80. The molecular formula is C9H9F3N2O2. The van der Waals surface area contributed by atoms with Crippen molar-refractivity contribution in [3.8, 4) is 0 Å². The Morgan fingerprint density at radius 1 is 1.62 bits per heavy atom. The first-order valence-electron chi connectivity index (χ1n) is 4.38. The van der Waals surface area contributed by atoms with E-state index in [2.05, 4.69) is 9.72 Å². The highest BCUT2D eigenvalue weighted by atomic mass is 19.3. The van der Waals surface area contributed by atoms with E-state index in [0.29, 0.717) is 6.20 Å². The van der Waals surface area contributed by atoms with Crippen LogP contribution in [0.1, 0.15) is 29.4 Å². The van der Waals surface area contributed by atoms with Crippen LogP contribution in [-0.2, 0) is 4.74 Å². The minimum Gasteiger partial charge on any atom is -0.461 e. The molecule has 0 saturated heterocycles. The number of esters is 1. The summed E-state index contributed by atoms with van der Waals surface area (Å²) in [7, 11) is 0. The van der Waals surface area contributed by atoms with Crippen LogP contribution in [0.15, 0.2) is 6.20 Å². The van der Waals surface area contributed by atoms with Gasteiger partial charge in [-0.2, -0.15) is 0 Å². The van der Waals surface area contributed by atoms with Crippen molar-refractivity contribution in [3.05, 3.63) is 23.3 Å². The number of aromatic nitrogens is 1. The van der Waals surface area contributed by atoms with E-state index in [0.717, 1.165) is 0 Å². The molecule has 0 atom stereocenters. The van der Waals surface area contributed by atoms with Gasteiger partial charge in [0.2, 0.25) is 0 Å². The van der Waals surface area contributed by atoms with Crippen molar-refractivity contribution in [2.75, 3.05) is 12.3 Å². The molecule has 16 heavy (non-hydrogen) atoms. The van der Waals surface area contributed by atoms with Crippen LogP contribution in [0, 0.1) is 5.82 Å². The number of nitrogens with zero attached hydrogens (tertiary/aromatic N) is 1. The predicted octanol–water partition coefficient (Wildman–Crippen LogP) is 1.92. The molecule has 0 amide bonds. The number of hydrogen-bond acceptors (Lipinski definition) is 4. The molecule has 0 bridgehead atoms. The van der Waals surface area contributed by atoms with Crippen LogP contribution in [-0.4, -0.2) is 17.6 Å². The van der Waals surface area contributed by atoms with Crippen LogP contribution in [0.3, 0.4) is 0 Å². The molecule has 1 rings (SSSR count). The first-order valence-corrected chi connectivity index (χ1v) is 4.38. The van der Waals surface area contributed by atoms with Gasteiger partial charge in [0, 0.05) is 0 Å². The van der Waals surface area contributed by atoms with Crippen molar-refractivity contribution in [2.24, 2.45) is 0 Å². The summed E-state index contributed by atoms with van der Waals surface area (Å²) in [6, 6.07) is 0. The number of anilines is 1. The van der Waals surface area contributed by atoms with Gasteiger partial charge in [0.15, 0.2) is 11.5 Å². The molecule has 0 radical (unpaired) electrons. The molecule has 0 unspecified atom stereocenters. The maximum atomic E-state index is 12.9. The summed E-state index contributed by atoms with van der Waals surface area (Å²) in [6.07, 6.45) is -2.49. The van der Waals surface area contributed by atoms with E-state index in [9.17, 15) is 18.0 Å². The topological polar surface area (TPSA) is 65.2 Å². The van der Waals surface area contributed by atoms with Gasteiger partial charge in [-0.3, -0.25) is 0 Å². The van der Waals surface area contributed by atoms with Crippen molar-refractivity contribution in [1.29, 1.82) is 0 Å². The number of rotatable bonds is 3. The Morgan fingerprint density at radius 3 is 2.75 bits per heavy atom. The number of halogens is 3. The van der Waals surface area contributed by atoms with Crippen LogP contribution in [0.25, 0.3) is 0 Å². The average Bonchev–Trinajstić information content (AvgIpc) is 2.21. The van der Waals surface area contributed by atoms with E-state index >= 15 is 0 Å². The second-order valence-corrected chi connectivity index (χ2v) is 2.80. The number of ether oxygens (including phenoxy) is 1. The molecule has 1 aromatic rings. The quantitative estimate of drug-likeness (QED) is 0.811. The molecule has 1 heterocycles. The average molecular weight is 234 g/mol. The lowest BCUT2D eigenvalue weighted by molar-refractivity contribution is 0.0507. The minimum absolute atomic E-state index is 0.000469. The maximum absolute atomic E-state index is 12.9. The molecule has 4 nitrogen and oxygen atoms in total. The van der Waals surface area contributed by atoms with Crippen molar-refractivity contribution in [3.63, 3.8) is 0 Å².